The van der Waals surface area contributed by atoms with E-state index in [1.54, 1.807) is 23.1 Å². The van der Waals surface area contributed by atoms with E-state index in [-0.39, 0.29) is 0 Å². The Morgan fingerprint density at radius 1 is 1.37 bits per heavy atom. The molecule has 0 aliphatic rings. The van der Waals surface area contributed by atoms with Crippen molar-refractivity contribution in [1.29, 1.82) is 0 Å². The highest BCUT2D eigenvalue weighted by Crippen LogP contribution is 2.23. The van der Waals surface area contributed by atoms with Crippen LogP contribution in [0.3, 0.4) is 0 Å². The first-order valence-corrected chi connectivity index (χ1v) is 8.33. The van der Waals surface area contributed by atoms with Gasteiger partial charge in [0, 0.05) is 17.7 Å². The van der Waals surface area contributed by atoms with Crippen molar-refractivity contribution in [2.45, 2.75) is 50.7 Å². The van der Waals surface area contributed by atoms with Crippen molar-refractivity contribution in [2.75, 3.05) is 0 Å². The van der Waals surface area contributed by atoms with E-state index in [9.17, 15) is 0 Å². The maximum atomic E-state index is 5.68. The van der Waals surface area contributed by atoms with Crippen LogP contribution in [-0.2, 0) is 25.3 Å². The van der Waals surface area contributed by atoms with Gasteiger partial charge in [-0.05, 0) is 12.8 Å². The Balaban J connectivity index is 2.04. The van der Waals surface area contributed by atoms with Crippen LogP contribution in [0.5, 0.6) is 0 Å². The summed E-state index contributed by atoms with van der Waals surface area (Å²) >= 11 is 3.40. The lowest BCUT2D eigenvalue weighted by molar-refractivity contribution is 0.592. The van der Waals surface area contributed by atoms with Crippen molar-refractivity contribution in [3.8, 4) is 0 Å². The van der Waals surface area contributed by atoms with Crippen LogP contribution in [0, 0.1) is 0 Å². The van der Waals surface area contributed by atoms with E-state index in [0.717, 1.165) is 41.8 Å². The van der Waals surface area contributed by atoms with Gasteiger partial charge in [0.15, 0.2) is 5.16 Å². The van der Waals surface area contributed by atoms with E-state index in [1.807, 2.05) is 0 Å². The minimum Gasteiger partial charge on any atom is -0.324 e. The van der Waals surface area contributed by atoms with Gasteiger partial charge in [0.2, 0.25) is 0 Å². The molecule has 0 saturated heterocycles. The van der Waals surface area contributed by atoms with Gasteiger partial charge in [-0.15, -0.1) is 21.5 Å². The number of aromatic nitrogens is 4. The number of rotatable bonds is 7. The fraction of sp³-hybridized carbons (Fsp3) is 0.583. The second kappa shape index (κ2) is 7.02. The molecule has 0 amide bonds. The van der Waals surface area contributed by atoms with Crippen LogP contribution in [0.25, 0.3) is 0 Å². The zero-order valence-corrected chi connectivity index (χ0v) is 12.9. The summed E-state index contributed by atoms with van der Waals surface area (Å²) in [4.78, 5) is 4.56. The Kier molecular flexibility index (Phi) is 5.35. The molecule has 2 rings (SSSR count). The number of thiazole rings is 1. The first-order valence-electron chi connectivity index (χ1n) is 6.46. The summed E-state index contributed by atoms with van der Waals surface area (Å²) in [7, 11) is 0. The van der Waals surface area contributed by atoms with E-state index < -0.39 is 0 Å². The number of nitrogens with zero attached hydrogens (tertiary/aromatic N) is 4. The lowest BCUT2D eigenvalue weighted by Crippen LogP contribution is -2.09. The van der Waals surface area contributed by atoms with Gasteiger partial charge in [0.05, 0.1) is 17.2 Å². The summed E-state index contributed by atoms with van der Waals surface area (Å²) in [5, 5.41) is 12.6. The van der Waals surface area contributed by atoms with Crippen molar-refractivity contribution < 1.29 is 0 Å². The smallest absolute Gasteiger partial charge is 0.191 e. The van der Waals surface area contributed by atoms with Crippen LogP contribution in [-0.4, -0.2) is 19.7 Å². The van der Waals surface area contributed by atoms with Crippen molar-refractivity contribution in [1.82, 2.24) is 19.7 Å². The minimum atomic E-state index is 0.435. The Labute approximate surface area is 121 Å². The molecule has 2 N–H and O–H groups in total. The summed E-state index contributed by atoms with van der Waals surface area (Å²) in [5.74, 6) is 1.69. The van der Waals surface area contributed by atoms with Gasteiger partial charge in [-0.2, -0.15) is 0 Å². The summed E-state index contributed by atoms with van der Waals surface area (Å²) in [5.41, 5.74) is 6.80. The largest absolute Gasteiger partial charge is 0.324 e. The highest BCUT2D eigenvalue weighted by atomic mass is 32.2. The average molecular weight is 297 g/mol. The first-order chi connectivity index (χ1) is 9.28. The lowest BCUT2D eigenvalue weighted by Gasteiger charge is -2.06. The molecular weight excluding hydrogens is 278 g/mol. The van der Waals surface area contributed by atoms with Gasteiger partial charge >= 0.3 is 0 Å². The highest BCUT2D eigenvalue weighted by molar-refractivity contribution is 7.98. The van der Waals surface area contributed by atoms with Crippen molar-refractivity contribution in [2.24, 2.45) is 5.73 Å². The third-order valence-corrected chi connectivity index (χ3v) is 4.72. The molecule has 0 spiro atoms. The maximum Gasteiger partial charge on any atom is 0.191 e. The number of hydrogen-bond donors (Lipinski definition) is 1. The van der Waals surface area contributed by atoms with E-state index in [4.69, 9.17) is 5.73 Å². The maximum absolute atomic E-state index is 5.68. The summed E-state index contributed by atoms with van der Waals surface area (Å²) in [6.07, 6.45) is 2.05. The van der Waals surface area contributed by atoms with E-state index >= 15 is 0 Å². The van der Waals surface area contributed by atoms with Gasteiger partial charge in [-0.25, -0.2) is 4.98 Å². The molecule has 19 heavy (non-hydrogen) atoms. The molecule has 0 radical (unpaired) electrons. The second-order valence-electron chi connectivity index (χ2n) is 4.13. The summed E-state index contributed by atoms with van der Waals surface area (Å²) in [6.45, 7) is 5.62. The van der Waals surface area contributed by atoms with Gasteiger partial charge in [0.1, 0.15) is 5.82 Å². The third kappa shape index (κ3) is 3.55. The van der Waals surface area contributed by atoms with Gasteiger partial charge < -0.3 is 10.3 Å². The molecule has 5 nitrogen and oxygen atoms in total. The lowest BCUT2D eigenvalue weighted by atomic mass is 10.4. The average Bonchev–Trinajstić information content (AvgIpc) is 3.03. The number of thioether (sulfide) groups is 1. The van der Waals surface area contributed by atoms with Crippen molar-refractivity contribution in [3.05, 3.63) is 21.9 Å². The van der Waals surface area contributed by atoms with Gasteiger partial charge in [-0.1, -0.05) is 25.6 Å². The molecule has 0 unspecified atom stereocenters. The second-order valence-corrected chi connectivity index (χ2v) is 6.01. The molecule has 2 heterocycles. The fourth-order valence-corrected chi connectivity index (χ4v) is 3.47. The molecule has 0 saturated carbocycles. The summed E-state index contributed by atoms with van der Waals surface area (Å²) in [6, 6.07) is 0. The first kappa shape index (κ1) is 14.5. The standard InChI is InChI=1S/C12H19N5S2/c1-3-5-17-10(6-13)15-16-12(17)19-8-9-7-18-11(4-2)14-9/h7H,3-6,8,13H2,1-2H3. The molecule has 0 aromatic carbocycles. The SMILES string of the molecule is CCCn1c(CN)nnc1SCc1csc(CC)n1. The van der Waals surface area contributed by atoms with Crippen molar-refractivity contribution in [3.63, 3.8) is 0 Å². The number of aryl methyl sites for hydroxylation is 1. The Hall–Kier alpha value is -0.920. The predicted molar refractivity (Wildman–Crippen MR) is 79.3 cm³/mol. The summed E-state index contributed by atoms with van der Waals surface area (Å²) < 4.78 is 2.11. The van der Waals surface area contributed by atoms with Crippen LogP contribution in [0.1, 0.15) is 36.8 Å². The van der Waals surface area contributed by atoms with Crippen molar-refractivity contribution >= 4 is 23.1 Å². The van der Waals surface area contributed by atoms with Crippen LogP contribution in [0.15, 0.2) is 10.5 Å². The van der Waals surface area contributed by atoms with Crippen LogP contribution >= 0.6 is 23.1 Å². The Bertz CT molecular complexity index is 520. The van der Waals surface area contributed by atoms with Crippen LogP contribution in [0.4, 0.5) is 0 Å². The third-order valence-electron chi connectivity index (χ3n) is 2.67. The normalized spacial score (nSPS) is 11.1. The Morgan fingerprint density at radius 3 is 2.84 bits per heavy atom. The Morgan fingerprint density at radius 2 is 2.21 bits per heavy atom. The zero-order valence-electron chi connectivity index (χ0n) is 11.3. The molecule has 0 aliphatic carbocycles. The topological polar surface area (TPSA) is 69.6 Å². The van der Waals surface area contributed by atoms with E-state index in [2.05, 4.69) is 39.0 Å². The molecule has 104 valence electrons. The highest BCUT2D eigenvalue weighted by Gasteiger charge is 2.11. The van der Waals surface area contributed by atoms with E-state index in [1.165, 1.54) is 5.01 Å². The van der Waals surface area contributed by atoms with Crippen LogP contribution in [0.2, 0.25) is 0 Å². The minimum absolute atomic E-state index is 0.435. The van der Waals surface area contributed by atoms with Gasteiger partial charge in [-0.3, -0.25) is 0 Å². The zero-order chi connectivity index (χ0) is 13.7. The molecule has 0 bridgehead atoms. The molecular formula is C12H19N5S2. The number of nitrogens with two attached hydrogens (primary N) is 1. The van der Waals surface area contributed by atoms with E-state index in [0.29, 0.717) is 6.54 Å². The van der Waals surface area contributed by atoms with Gasteiger partial charge in [0.25, 0.3) is 0 Å². The molecule has 7 heteroatoms. The quantitative estimate of drug-likeness (QED) is 0.795. The predicted octanol–water partition coefficient (Wildman–Crippen LogP) is 2.46. The van der Waals surface area contributed by atoms with Crippen LogP contribution < -0.4 is 5.73 Å². The molecule has 2 aromatic rings. The number of hydrogen-bond acceptors (Lipinski definition) is 6. The molecule has 0 aliphatic heterocycles. The fourth-order valence-electron chi connectivity index (χ4n) is 1.74. The monoisotopic (exact) mass is 297 g/mol. The molecule has 0 fully saturated rings. The molecule has 2 aromatic heterocycles. The molecule has 0 atom stereocenters.